The number of aromatic nitrogens is 1. The highest BCUT2D eigenvalue weighted by Crippen LogP contribution is 2.31. The van der Waals surface area contributed by atoms with Crippen LogP contribution in [0.4, 0.5) is 0 Å². The fraction of sp³-hybridized carbons (Fsp3) is 0.238. The Hall–Kier alpha value is -2.88. The van der Waals surface area contributed by atoms with E-state index in [9.17, 15) is 4.79 Å². The van der Waals surface area contributed by atoms with Crippen molar-refractivity contribution in [3.8, 4) is 11.3 Å². The smallest absolute Gasteiger partial charge is 0.257 e. The number of fused-ring (bicyclic) bond motifs is 1. The van der Waals surface area contributed by atoms with E-state index in [1.165, 1.54) is 11.1 Å². The van der Waals surface area contributed by atoms with Crippen LogP contribution >= 0.6 is 0 Å². The Balaban J connectivity index is 1.64. The second kappa shape index (κ2) is 6.55. The summed E-state index contributed by atoms with van der Waals surface area (Å²) in [5.41, 5.74) is 4.55. The van der Waals surface area contributed by atoms with Crippen molar-refractivity contribution in [2.45, 2.75) is 32.2 Å². The Kier molecular flexibility index (Phi) is 4.10. The van der Waals surface area contributed by atoms with E-state index in [0.29, 0.717) is 17.0 Å². The number of benzene rings is 2. The van der Waals surface area contributed by atoms with Crippen LogP contribution in [0.5, 0.6) is 0 Å². The van der Waals surface area contributed by atoms with Gasteiger partial charge < -0.3 is 9.84 Å². The molecule has 0 spiro atoms. The van der Waals surface area contributed by atoms with E-state index in [4.69, 9.17) is 4.52 Å². The maximum Gasteiger partial charge on any atom is 0.257 e. The van der Waals surface area contributed by atoms with Crippen LogP contribution in [0, 0.1) is 6.92 Å². The summed E-state index contributed by atoms with van der Waals surface area (Å²) in [6, 6.07) is 18.0. The van der Waals surface area contributed by atoms with Crippen molar-refractivity contribution >= 4 is 5.91 Å². The molecule has 2 aromatic carbocycles. The van der Waals surface area contributed by atoms with Crippen LogP contribution < -0.4 is 5.32 Å². The first kappa shape index (κ1) is 15.6. The molecule has 126 valence electrons. The minimum Gasteiger partial charge on any atom is -0.360 e. The van der Waals surface area contributed by atoms with Crippen LogP contribution in [0.15, 0.2) is 59.1 Å². The SMILES string of the molecule is Cc1onc(-c2ccccc2)c1C(=O)N[C@@H]1CCCc2ccccc21. The van der Waals surface area contributed by atoms with E-state index >= 15 is 0 Å². The molecule has 4 rings (SSSR count). The quantitative estimate of drug-likeness (QED) is 0.770. The van der Waals surface area contributed by atoms with Gasteiger partial charge in [-0.2, -0.15) is 0 Å². The summed E-state index contributed by atoms with van der Waals surface area (Å²) in [7, 11) is 0. The van der Waals surface area contributed by atoms with Crippen molar-refractivity contribution in [2.75, 3.05) is 0 Å². The third kappa shape index (κ3) is 2.95. The molecule has 1 atom stereocenters. The summed E-state index contributed by atoms with van der Waals surface area (Å²) >= 11 is 0. The predicted octanol–water partition coefficient (Wildman–Crippen LogP) is 4.46. The number of carbonyl (C=O) groups excluding carboxylic acids is 1. The third-order valence-corrected chi connectivity index (χ3v) is 4.81. The molecule has 0 aliphatic heterocycles. The molecule has 0 fully saturated rings. The number of carbonyl (C=O) groups is 1. The minimum absolute atomic E-state index is 0.0374. The Morgan fingerprint density at radius 3 is 2.72 bits per heavy atom. The Morgan fingerprint density at radius 1 is 1.12 bits per heavy atom. The molecule has 0 saturated heterocycles. The van der Waals surface area contributed by atoms with Gasteiger partial charge in [0.05, 0.1) is 6.04 Å². The molecule has 1 heterocycles. The van der Waals surface area contributed by atoms with E-state index in [1.807, 2.05) is 36.4 Å². The van der Waals surface area contributed by atoms with Crippen LogP contribution in [0.1, 0.15) is 46.1 Å². The molecule has 1 aliphatic rings. The Morgan fingerprint density at radius 2 is 1.88 bits per heavy atom. The number of hydrogen-bond acceptors (Lipinski definition) is 3. The van der Waals surface area contributed by atoms with Crippen molar-refractivity contribution < 1.29 is 9.32 Å². The number of amides is 1. The number of nitrogens with zero attached hydrogens (tertiary/aromatic N) is 1. The number of rotatable bonds is 3. The lowest BCUT2D eigenvalue weighted by Crippen LogP contribution is -2.31. The molecule has 4 nitrogen and oxygen atoms in total. The van der Waals surface area contributed by atoms with Crippen LogP contribution in [-0.2, 0) is 6.42 Å². The summed E-state index contributed by atoms with van der Waals surface area (Å²) in [4.78, 5) is 13.0. The van der Waals surface area contributed by atoms with Crippen molar-refractivity contribution in [1.82, 2.24) is 10.5 Å². The van der Waals surface area contributed by atoms with Gasteiger partial charge in [0.15, 0.2) is 0 Å². The summed E-state index contributed by atoms with van der Waals surface area (Å²) in [5.74, 6) is 0.416. The maximum atomic E-state index is 13.0. The first-order valence-electron chi connectivity index (χ1n) is 8.64. The number of aryl methyl sites for hydroxylation is 2. The summed E-state index contributed by atoms with van der Waals surface area (Å²) in [6.07, 6.45) is 3.11. The van der Waals surface area contributed by atoms with Crippen molar-refractivity contribution in [2.24, 2.45) is 0 Å². The third-order valence-electron chi connectivity index (χ3n) is 4.81. The predicted molar refractivity (Wildman–Crippen MR) is 96.3 cm³/mol. The zero-order valence-electron chi connectivity index (χ0n) is 14.2. The van der Waals surface area contributed by atoms with Crippen LogP contribution in [-0.4, -0.2) is 11.1 Å². The first-order valence-corrected chi connectivity index (χ1v) is 8.64. The standard InChI is InChI=1S/C21H20N2O2/c1-14-19(20(23-25-14)16-9-3-2-4-10-16)21(24)22-18-13-7-11-15-8-5-6-12-17(15)18/h2-6,8-10,12,18H,7,11,13H2,1H3,(H,22,24)/t18-/m1/s1. The average Bonchev–Trinajstić information content (AvgIpc) is 3.04. The highest BCUT2D eigenvalue weighted by Gasteiger charge is 2.26. The van der Waals surface area contributed by atoms with Crippen LogP contribution in [0.3, 0.4) is 0 Å². The second-order valence-electron chi connectivity index (χ2n) is 6.45. The fourth-order valence-electron chi connectivity index (χ4n) is 3.57. The lowest BCUT2D eigenvalue weighted by Gasteiger charge is -2.26. The van der Waals surface area contributed by atoms with Gasteiger partial charge in [0, 0.05) is 5.56 Å². The van der Waals surface area contributed by atoms with Crippen molar-refractivity contribution in [1.29, 1.82) is 0 Å². The second-order valence-corrected chi connectivity index (χ2v) is 6.45. The molecule has 0 unspecified atom stereocenters. The zero-order chi connectivity index (χ0) is 17.2. The average molecular weight is 332 g/mol. The molecule has 1 N–H and O–H groups in total. The van der Waals surface area contributed by atoms with Gasteiger partial charge in [-0.3, -0.25) is 4.79 Å². The van der Waals surface area contributed by atoms with Gasteiger partial charge in [-0.25, -0.2) is 0 Å². The molecule has 0 saturated carbocycles. The van der Waals surface area contributed by atoms with Gasteiger partial charge in [-0.1, -0.05) is 59.8 Å². The van der Waals surface area contributed by atoms with Gasteiger partial charge in [0.25, 0.3) is 5.91 Å². The Labute approximate surface area is 146 Å². The Bertz CT molecular complexity index is 899. The molecule has 0 radical (unpaired) electrons. The van der Waals surface area contributed by atoms with Gasteiger partial charge in [0.1, 0.15) is 17.0 Å². The largest absolute Gasteiger partial charge is 0.360 e. The summed E-state index contributed by atoms with van der Waals surface area (Å²) in [6.45, 7) is 1.78. The van der Waals surface area contributed by atoms with E-state index in [2.05, 4.69) is 28.7 Å². The monoisotopic (exact) mass is 332 g/mol. The minimum atomic E-state index is -0.126. The van der Waals surface area contributed by atoms with E-state index in [1.54, 1.807) is 6.92 Å². The molecular weight excluding hydrogens is 312 g/mol. The molecule has 1 aromatic heterocycles. The normalized spacial score (nSPS) is 16.3. The topological polar surface area (TPSA) is 55.1 Å². The fourth-order valence-corrected chi connectivity index (χ4v) is 3.57. The molecule has 4 heteroatoms. The highest BCUT2D eigenvalue weighted by molar-refractivity contribution is 6.01. The molecule has 0 bridgehead atoms. The molecule has 3 aromatic rings. The number of hydrogen-bond donors (Lipinski definition) is 1. The van der Waals surface area contributed by atoms with E-state index in [0.717, 1.165) is 24.8 Å². The van der Waals surface area contributed by atoms with E-state index in [-0.39, 0.29) is 11.9 Å². The van der Waals surface area contributed by atoms with Crippen LogP contribution in [0.2, 0.25) is 0 Å². The van der Waals surface area contributed by atoms with Crippen molar-refractivity contribution in [3.63, 3.8) is 0 Å². The molecular formula is C21H20N2O2. The summed E-state index contributed by atoms with van der Waals surface area (Å²) < 4.78 is 5.32. The van der Waals surface area contributed by atoms with Gasteiger partial charge in [-0.15, -0.1) is 0 Å². The van der Waals surface area contributed by atoms with Gasteiger partial charge in [-0.05, 0) is 37.3 Å². The zero-order valence-corrected chi connectivity index (χ0v) is 14.2. The lowest BCUT2D eigenvalue weighted by atomic mass is 9.87. The van der Waals surface area contributed by atoms with Crippen molar-refractivity contribution in [3.05, 3.63) is 77.0 Å². The first-order chi connectivity index (χ1) is 12.2. The van der Waals surface area contributed by atoms with Crippen LogP contribution in [0.25, 0.3) is 11.3 Å². The molecule has 25 heavy (non-hydrogen) atoms. The summed E-state index contributed by atoms with van der Waals surface area (Å²) in [5, 5.41) is 7.30. The van der Waals surface area contributed by atoms with E-state index < -0.39 is 0 Å². The molecule has 1 aliphatic carbocycles. The maximum absolute atomic E-state index is 13.0. The lowest BCUT2D eigenvalue weighted by molar-refractivity contribution is 0.0932. The van der Waals surface area contributed by atoms with Gasteiger partial charge in [0.2, 0.25) is 0 Å². The highest BCUT2D eigenvalue weighted by atomic mass is 16.5. The number of nitrogens with one attached hydrogen (secondary N) is 1. The molecule has 1 amide bonds. The van der Waals surface area contributed by atoms with Gasteiger partial charge >= 0.3 is 0 Å².